The van der Waals surface area contributed by atoms with Gasteiger partial charge < -0.3 is 20.7 Å². The van der Waals surface area contributed by atoms with Crippen molar-refractivity contribution in [2.75, 3.05) is 12.4 Å². The maximum absolute atomic E-state index is 13.1. The highest BCUT2D eigenvalue weighted by atomic mass is 16.5. The maximum Gasteiger partial charge on any atom is 0.319 e. The van der Waals surface area contributed by atoms with Crippen molar-refractivity contribution in [2.24, 2.45) is 0 Å². The van der Waals surface area contributed by atoms with Crippen molar-refractivity contribution < 1.29 is 14.3 Å². The van der Waals surface area contributed by atoms with E-state index in [0.717, 1.165) is 22.4 Å². The number of nitrogens with one attached hydrogen (secondary N) is 3. The molecule has 0 bridgehead atoms. The van der Waals surface area contributed by atoms with Gasteiger partial charge in [-0.15, -0.1) is 0 Å². The number of urea groups is 1. The largest absolute Gasteiger partial charge is 0.497 e. The monoisotopic (exact) mass is 365 g/mol. The Kier molecular flexibility index (Phi) is 5.16. The van der Waals surface area contributed by atoms with Crippen LogP contribution in [0.25, 0.3) is 0 Å². The highest BCUT2D eigenvalue weighted by molar-refractivity contribution is 6.07. The van der Waals surface area contributed by atoms with E-state index in [2.05, 4.69) is 16.0 Å². The van der Waals surface area contributed by atoms with Gasteiger partial charge in [-0.25, -0.2) is 4.79 Å². The van der Waals surface area contributed by atoms with E-state index in [1.807, 2.05) is 56.3 Å². The van der Waals surface area contributed by atoms with Gasteiger partial charge in [0, 0.05) is 11.4 Å². The Bertz CT molecular complexity index is 934. The van der Waals surface area contributed by atoms with Gasteiger partial charge in [0.05, 0.1) is 18.7 Å². The lowest BCUT2D eigenvalue weighted by Gasteiger charge is -2.29. The molecule has 27 heavy (non-hydrogen) atoms. The number of allylic oxidation sites excluding steroid dienone is 1. The summed E-state index contributed by atoms with van der Waals surface area (Å²) in [5.74, 6) is 0.395. The average Bonchev–Trinajstić information content (AvgIpc) is 2.63. The molecule has 2 aromatic rings. The number of aryl methyl sites for hydroxylation is 2. The van der Waals surface area contributed by atoms with Gasteiger partial charge in [-0.1, -0.05) is 29.8 Å². The highest BCUT2D eigenvalue weighted by Crippen LogP contribution is 2.30. The van der Waals surface area contributed by atoms with Crippen LogP contribution in [0.15, 0.2) is 53.7 Å². The quantitative estimate of drug-likeness (QED) is 0.775. The molecular weight excluding hydrogens is 342 g/mol. The SMILES string of the molecule is COc1cccc([C@H]2NC(=O)NC(C)=C2C(=O)Nc2ccc(C)cc2C)c1. The van der Waals surface area contributed by atoms with E-state index in [0.29, 0.717) is 17.0 Å². The number of ether oxygens (including phenoxy) is 1. The number of anilines is 1. The van der Waals surface area contributed by atoms with E-state index in [9.17, 15) is 9.59 Å². The Hall–Kier alpha value is -3.28. The molecule has 1 aliphatic rings. The maximum atomic E-state index is 13.1. The third kappa shape index (κ3) is 3.95. The van der Waals surface area contributed by atoms with E-state index < -0.39 is 6.04 Å². The highest BCUT2D eigenvalue weighted by Gasteiger charge is 2.31. The molecule has 2 aromatic carbocycles. The molecule has 0 radical (unpaired) electrons. The molecule has 3 amide bonds. The Morgan fingerprint density at radius 3 is 2.59 bits per heavy atom. The second-order valence-electron chi connectivity index (χ2n) is 6.62. The van der Waals surface area contributed by atoms with Crippen LogP contribution in [-0.2, 0) is 4.79 Å². The van der Waals surface area contributed by atoms with E-state index in [1.165, 1.54) is 0 Å². The van der Waals surface area contributed by atoms with E-state index >= 15 is 0 Å². The minimum atomic E-state index is -0.570. The first-order valence-electron chi connectivity index (χ1n) is 8.70. The second kappa shape index (κ2) is 7.53. The van der Waals surface area contributed by atoms with Crippen molar-refractivity contribution in [1.29, 1.82) is 0 Å². The average molecular weight is 365 g/mol. The van der Waals surface area contributed by atoms with Crippen LogP contribution in [0.3, 0.4) is 0 Å². The number of methoxy groups -OCH3 is 1. The zero-order valence-electron chi connectivity index (χ0n) is 15.8. The predicted molar refractivity (Wildman–Crippen MR) is 105 cm³/mol. The fraction of sp³-hybridized carbons (Fsp3) is 0.238. The molecule has 0 aromatic heterocycles. The normalized spacial score (nSPS) is 16.4. The minimum absolute atomic E-state index is 0.264. The molecule has 1 aliphatic heterocycles. The Labute approximate surface area is 158 Å². The number of rotatable bonds is 4. The fourth-order valence-electron chi connectivity index (χ4n) is 3.21. The summed E-state index contributed by atoms with van der Waals surface area (Å²) >= 11 is 0. The number of carbonyl (C=O) groups excluding carboxylic acids is 2. The third-order valence-electron chi connectivity index (χ3n) is 4.57. The lowest BCUT2D eigenvalue weighted by Crippen LogP contribution is -2.46. The van der Waals surface area contributed by atoms with Crippen LogP contribution >= 0.6 is 0 Å². The molecule has 1 atom stereocenters. The number of hydrogen-bond acceptors (Lipinski definition) is 3. The molecule has 6 nitrogen and oxygen atoms in total. The zero-order chi connectivity index (χ0) is 19.6. The Morgan fingerprint density at radius 2 is 1.89 bits per heavy atom. The molecule has 0 unspecified atom stereocenters. The van der Waals surface area contributed by atoms with Gasteiger partial charge in [-0.05, 0) is 50.1 Å². The summed E-state index contributed by atoms with van der Waals surface area (Å²) in [6.45, 7) is 5.68. The van der Waals surface area contributed by atoms with E-state index in [4.69, 9.17) is 4.74 Å². The van der Waals surface area contributed by atoms with Crippen LogP contribution < -0.4 is 20.7 Å². The number of hydrogen-bond donors (Lipinski definition) is 3. The summed E-state index contributed by atoms with van der Waals surface area (Å²) in [5.41, 5.74) is 4.60. The van der Waals surface area contributed by atoms with Gasteiger partial charge in [-0.3, -0.25) is 4.79 Å². The molecule has 0 saturated heterocycles. The smallest absolute Gasteiger partial charge is 0.319 e. The summed E-state index contributed by atoms with van der Waals surface area (Å²) in [6.07, 6.45) is 0. The van der Waals surface area contributed by atoms with Gasteiger partial charge in [-0.2, -0.15) is 0 Å². The van der Waals surface area contributed by atoms with Crippen molar-refractivity contribution in [3.05, 3.63) is 70.4 Å². The summed E-state index contributed by atoms with van der Waals surface area (Å²) in [5, 5.41) is 8.48. The number of amides is 3. The first-order chi connectivity index (χ1) is 12.9. The van der Waals surface area contributed by atoms with E-state index in [1.54, 1.807) is 14.0 Å². The van der Waals surface area contributed by atoms with Crippen LogP contribution in [0.5, 0.6) is 5.75 Å². The molecule has 3 N–H and O–H groups in total. The van der Waals surface area contributed by atoms with Crippen LogP contribution in [0, 0.1) is 13.8 Å². The molecule has 0 fully saturated rings. The Morgan fingerprint density at radius 1 is 1.11 bits per heavy atom. The molecule has 6 heteroatoms. The first kappa shape index (κ1) is 18.5. The van der Waals surface area contributed by atoms with E-state index in [-0.39, 0.29) is 11.9 Å². The summed E-state index contributed by atoms with van der Waals surface area (Å²) in [4.78, 5) is 25.1. The van der Waals surface area contributed by atoms with Crippen molar-refractivity contribution in [2.45, 2.75) is 26.8 Å². The van der Waals surface area contributed by atoms with Crippen molar-refractivity contribution >= 4 is 17.6 Å². The van der Waals surface area contributed by atoms with Crippen molar-refractivity contribution in [1.82, 2.24) is 10.6 Å². The lowest BCUT2D eigenvalue weighted by molar-refractivity contribution is -0.113. The topological polar surface area (TPSA) is 79.5 Å². The van der Waals surface area contributed by atoms with Crippen LogP contribution in [0.2, 0.25) is 0 Å². The first-order valence-corrected chi connectivity index (χ1v) is 8.70. The summed E-state index contributed by atoms with van der Waals surface area (Å²) < 4.78 is 5.27. The second-order valence-corrected chi connectivity index (χ2v) is 6.62. The standard InChI is InChI=1S/C21H23N3O3/c1-12-8-9-17(13(2)10-12)23-20(25)18-14(3)22-21(26)24-19(18)15-6-5-7-16(11-15)27-4/h5-11,19H,1-4H3,(H,23,25)(H2,22,24,26)/t19-/m1/s1. The zero-order valence-corrected chi connectivity index (χ0v) is 15.8. The predicted octanol–water partition coefficient (Wildman–Crippen LogP) is 3.58. The van der Waals surface area contributed by atoms with Crippen molar-refractivity contribution in [3.63, 3.8) is 0 Å². The minimum Gasteiger partial charge on any atom is -0.497 e. The van der Waals surface area contributed by atoms with Crippen LogP contribution in [0.1, 0.15) is 29.7 Å². The van der Waals surface area contributed by atoms with Gasteiger partial charge in [0.1, 0.15) is 5.75 Å². The molecule has 140 valence electrons. The molecule has 0 spiro atoms. The van der Waals surface area contributed by atoms with Gasteiger partial charge in [0.25, 0.3) is 5.91 Å². The van der Waals surface area contributed by atoms with Gasteiger partial charge in [0.15, 0.2) is 0 Å². The molecule has 3 rings (SSSR count). The van der Waals surface area contributed by atoms with Crippen LogP contribution in [0.4, 0.5) is 10.5 Å². The molecule has 0 aliphatic carbocycles. The number of benzene rings is 2. The Balaban J connectivity index is 1.96. The lowest BCUT2D eigenvalue weighted by atomic mass is 9.94. The third-order valence-corrected chi connectivity index (χ3v) is 4.57. The fourth-order valence-corrected chi connectivity index (χ4v) is 3.21. The molecular formula is C21H23N3O3. The molecule has 0 saturated carbocycles. The van der Waals surface area contributed by atoms with Crippen molar-refractivity contribution in [3.8, 4) is 5.75 Å². The van der Waals surface area contributed by atoms with Gasteiger partial charge >= 0.3 is 6.03 Å². The molecule has 1 heterocycles. The summed E-state index contributed by atoms with van der Waals surface area (Å²) in [6, 6.07) is 12.2. The summed E-state index contributed by atoms with van der Waals surface area (Å²) in [7, 11) is 1.58. The number of carbonyl (C=O) groups is 2. The van der Waals surface area contributed by atoms with Gasteiger partial charge in [0.2, 0.25) is 0 Å². The van der Waals surface area contributed by atoms with Crippen LogP contribution in [-0.4, -0.2) is 19.0 Å².